The van der Waals surface area contributed by atoms with E-state index in [1.807, 2.05) is 29.4 Å². The van der Waals surface area contributed by atoms with Crippen molar-refractivity contribution >= 4 is 12.0 Å². The Morgan fingerprint density at radius 1 is 0.861 bits per heavy atom. The van der Waals surface area contributed by atoms with Gasteiger partial charge in [0.2, 0.25) is 0 Å². The van der Waals surface area contributed by atoms with Gasteiger partial charge < -0.3 is 14.5 Å². The molecule has 0 radical (unpaired) electrons. The van der Waals surface area contributed by atoms with Gasteiger partial charge in [0.05, 0.1) is 6.61 Å². The molecule has 0 N–H and O–H groups in total. The number of amides is 2. The van der Waals surface area contributed by atoms with Crippen molar-refractivity contribution in [3.05, 3.63) is 60.2 Å². The van der Waals surface area contributed by atoms with E-state index in [9.17, 15) is 9.59 Å². The standard InChI is InChI=1S/C29H40N4O3/c34-28(27-15-5-8-20-33(27)29(35)32-18-6-3-7-19-32)36-21-9-2-1-4-14-26(24-12-10-16-30-22-24)25-13-11-17-31-23-25/h10-13,16-17,22-23,26-27H,1-9,14-15,18-21H2/t27-/m0/s1. The fourth-order valence-corrected chi connectivity index (χ4v) is 5.44. The monoisotopic (exact) mass is 492 g/mol. The lowest BCUT2D eigenvalue weighted by Crippen LogP contribution is -2.54. The number of hydrogen-bond acceptors (Lipinski definition) is 5. The van der Waals surface area contributed by atoms with Gasteiger partial charge in [-0.05, 0) is 74.6 Å². The minimum absolute atomic E-state index is 0.0214. The first-order chi connectivity index (χ1) is 17.7. The van der Waals surface area contributed by atoms with E-state index in [4.69, 9.17) is 4.74 Å². The van der Waals surface area contributed by atoms with Crippen molar-refractivity contribution < 1.29 is 14.3 Å². The van der Waals surface area contributed by atoms with Crippen LogP contribution in [0.3, 0.4) is 0 Å². The molecule has 0 bridgehead atoms. The van der Waals surface area contributed by atoms with E-state index in [1.165, 1.54) is 17.5 Å². The van der Waals surface area contributed by atoms with E-state index in [-0.39, 0.29) is 12.0 Å². The fraction of sp³-hybridized carbons (Fsp3) is 0.586. The molecule has 2 aliphatic rings. The zero-order valence-electron chi connectivity index (χ0n) is 21.4. The van der Waals surface area contributed by atoms with Crippen LogP contribution < -0.4 is 0 Å². The number of ether oxygens (including phenoxy) is 1. The summed E-state index contributed by atoms with van der Waals surface area (Å²) in [5.41, 5.74) is 2.44. The largest absolute Gasteiger partial charge is 0.464 e. The van der Waals surface area contributed by atoms with Gasteiger partial charge in [-0.25, -0.2) is 9.59 Å². The minimum atomic E-state index is -0.423. The molecule has 2 fully saturated rings. The Morgan fingerprint density at radius 2 is 1.53 bits per heavy atom. The van der Waals surface area contributed by atoms with E-state index < -0.39 is 6.04 Å². The summed E-state index contributed by atoms with van der Waals surface area (Å²) in [5.74, 6) is 0.0632. The molecular formula is C29H40N4O3. The molecule has 2 aromatic heterocycles. The van der Waals surface area contributed by atoms with Gasteiger partial charge in [-0.3, -0.25) is 9.97 Å². The molecule has 2 amide bonds. The minimum Gasteiger partial charge on any atom is -0.464 e. The van der Waals surface area contributed by atoms with Crippen LogP contribution in [-0.2, 0) is 9.53 Å². The second kappa shape index (κ2) is 14.0. The molecule has 7 heteroatoms. The molecule has 0 aliphatic carbocycles. The zero-order valence-corrected chi connectivity index (χ0v) is 21.4. The van der Waals surface area contributed by atoms with E-state index in [0.717, 1.165) is 70.9 Å². The Morgan fingerprint density at radius 3 is 2.19 bits per heavy atom. The summed E-state index contributed by atoms with van der Waals surface area (Å²) >= 11 is 0. The Balaban J connectivity index is 1.18. The van der Waals surface area contributed by atoms with Crippen molar-refractivity contribution in [3.8, 4) is 0 Å². The van der Waals surface area contributed by atoms with E-state index >= 15 is 0 Å². The molecule has 2 saturated heterocycles. The van der Waals surface area contributed by atoms with Crippen molar-refractivity contribution in [3.63, 3.8) is 0 Å². The molecule has 4 rings (SSSR count). The molecule has 4 heterocycles. The number of carbonyl (C=O) groups is 2. The Kier molecular flexibility index (Phi) is 10.1. The van der Waals surface area contributed by atoms with Crippen LogP contribution >= 0.6 is 0 Å². The number of piperidine rings is 2. The molecule has 0 unspecified atom stereocenters. The number of likely N-dealkylation sites (tertiary alicyclic amines) is 2. The smallest absolute Gasteiger partial charge is 0.328 e. The highest BCUT2D eigenvalue weighted by molar-refractivity contribution is 5.84. The normalized spacial score (nSPS) is 18.3. The first kappa shape index (κ1) is 26.1. The SMILES string of the molecule is O=C(OCCCCCCC(c1cccnc1)c1cccnc1)[C@@H]1CCCCN1C(=O)N1CCCCC1. The number of rotatable bonds is 10. The molecule has 0 aromatic carbocycles. The first-order valence-electron chi connectivity index (χ1n) is 13.8. The van der Waals surface area contributed by atoms with Crippen molar-refractivity contribution in [1.82, 2.24) is 19.8 Å². The topological polar surface area (TPSA) is 75.6 Å². The maximum absolute atomic E-state index is 13.0. The molecule has 0 saturated carbocycles. The number of unbranched alkanes of at least 4 members (excludes halogenated alkanes) is 3. The van der Waals surface area contributed by atoms with E-state index in [2.05, 4.69) is 22.1 Å². The third-order valence-corrected chi connectivity index (χ3v) is 7.45. The van der Waals surface area contributed by atoms with Gasteiger partial charge >= 0.3 is 12.0 Å². The molecule has 7 nitrogen and oxygen atoms in total. The molecule has 194 valence electrons. The van der Waals surface area contributed by atoms with Crippen LogP contribution in [0.25, 0.3) is 0 Å². The summed E-state index contributed by atoms with van der Waals surface area (Å²) in [6, 6.07) is 7.84. The number of pyridine rings is 2. The number of hydrogen-bond donors (Lipinski definition) is 0. The summed E-state index contributed by atoms with van der Waals surface area (Å²) in [4.78, 5) is 38.1. The summed E-state index contributed by atoms with van der Waals surface area (Å²) in [6.07, 6.45) is 18.5. The molecule has 2 aromatic rings. The van der Waals surface area contributed by atoms with Crippen molar-refractivity contribution in [1.29, 1.82) is 0 Å². The van der Waals surface area contributed by atoms with E-state index in [1.54, 1.807) is 17.3 Å². The van der Waals surface area contributed by atoms with Crippen molar-refractivity contribution in [2.45, 2.75) is 82.6 Å². The fourth-order valence-electron chi connectivity index (χ4n) is 5.44. The van der Waals surface area contributed by atoms with Gasteiger partial charge in [-0.2, -0.15) is 0 Å². The predicted molar refractivity (Wildman–Crippen MR) is 140 cm³/mol. The summed E-state index contributed by atoms with van der Waals surface area (Å²) < 4.78 is 5.65. The molecular weight excluding hydrogens is 452 g/mol. The molecule has 2 aliphatic heterocycles. The van der Waals surface area contributed by atoms with E-state index in [0.29, 0.717) is 25.5 Å². The average Bonchev–Trinajstić information content (AvgIpc) is 2.95. The first-order valence-corrected chi connectivity index (χ1v) is 13.8. The highest BCUT2D eigenvalue weighted by atomic mass is 16.5. The number of esters is 1. The Labute approximate surface area is 215 Å². The lowest BCUT2D eigenvalue weighted by molar-refractivity contribution is -0.150. The maximum atomic E-state index is 13.0. The Hall–Kier alpha value is -2.96. The molecule has 0 spiro atoms. The van der Waals surface area contributed by atoms with Crippen molar-refractivity contribution in [2.24, 2.45) is 0 Å². The average molecular weight is 493 g/mol. The van der Waals surface area contributed by atoms with Crippen LogP contribution in [0, 0.1) is 0 Å². The zero-order chi connectivity index (χ0) is 25.0. The quantitative estimate of drug-likeness (QED) is 0.320. The van der Waals surface area contributed by atoms with Gasteiger partial charge in [-0.1, -0.05) is 31.4 Å². The molecule has 1 atom stereocenters. The maximum Gasteiger partial charge on any atom is 0.328 e. The van der Waals surface area contributed by atoms with Gasteiger partial charge in [0.1, 0.15) is 6.04 Å². The lowest BCUT2D eigenvalue weighted by Gasteiger charge is -2.38. The summed E-state index contributed by atoms with van der Waals surface area (Å²) in [6.45, 7) is 2.69. The number of nitrogens with zero attached hydrogens (tertiary/aromatic N) is 4. The summed E-state index contributed by atoms with van der Waals surface area (Å²) in [5, 5.41) is 0. The highest BCUT2D eigenvalue weighted by Gasteiger charge is 2.35. The van der Waals surface area contributed by atoms with Crippen LogP contribution in [-0.4, -0.2) is 64.1 Å². The Bertz CT molecular complexity index is 895. The third kappa shape index (κ3) is 7.28. The van der Waals surface area contributed by atoms with Crippen LogP contribution in [0.15, 0.2) is 49.1 Å². The van der Waals surface area contributed by atoms with Crippen LogP contribution in [0.1, 0.15) is 87.7 Å². The second-order valence-electron chi connectivity index (χ2n) is 10.0. The van der Waals surface area contributed by atoms with Crippen LogP contribution in [0.5, 0.6) is 0 Å². The molecule has 36 heavy (non-hydrogen) atoms. The number of carbonyl (C=O) groups excluding carboxylic acids is 2. The van der Waals surface area contributed by atoms with Crippen molar-refractivity contribution in [2.75, 3.05) is 26.2 Å². The summed E-state index contributed by atoms with van der Waals surface area (Å²) in [7, 11) is 0. The van der Waals surface area contributed by atoms with Gasteiger partial charge in [0.25, 0.3) is 0 Å². The van der Waals surface area contributed by atoms with Gasteiger partial charge in [0, 0.05) is 50.3 Å². The van der Waals surface area contributed by atoms with Gasteiger partial charge in [0.15, 0.2) is 0 Å². The van der Waals surface area contributed by atoms with Crippen LogP contribution in [0.2, 0.25) is 0 Å². The highest BCUT2D eigenvalue weighted by Crippen LogP contribution is 2.29. The third-order valence-electron chi connectivity index (χ3n) is 7.45. The van der Waals surface area contributed by atoms with Gasteiger partial charge in [-0.15, -0.1) is 0 Å². The lowest BCUT2D eigenvalue weighted by atomic mass is 9.88. The predicted octanol–water partition coefficient (Wildman–Crippen LogP) is 5.56. The number of urea groups is 1. The second-order valence-corrected chi connectivity index (χ2v) is 10.0. The van der Waals surface area contributed by atoms with Crippen LogP contribution in [0.4, 0.5) is 4.79 Å². The number of aromatic nitrogens is 2.